The molecule has 0 amide bonds. The van der Waals surface area contributed by atoms with Crippen LogP contribution in [0, 0.1) is 0 Å². The first kappa shape index (κ1) is 18.0. The van der Waals surface area contributed by atoms with Crippen LogP contribution in [0.1, 0.15) is 12.5 Å². The average Bonchev–Trinajstić information content (AvgIpc) is 2.68. The molecule has 3 aromatic rings. The van der Waals surface area contributed by atoms with Gasteiger partial charge < -0.3 is 4.90 Å². The Bertz CT molecular complexity index is 925. The number of hydrogen-bond acceptors (Lipinski definition) is 3. The Hall–Kier alpha value is -2.79. The molecule has 0 heterocycles. The van der Waals surface area contributed by atoms with Crippen LogP contribution in [0.4, 0.5) is 17.1 Å². The van der Waals surface area contributed by atoms with E-state index in [9.17, 15) is 8.42 Å². The fourth-order valence-electron chi connectivity index (χ4n) is 2.67. The van der Waals surface area contributed by atoms with Gasteiger partial charge in [0, 0.05) is 23.6 Å². The van der Waals surface area contributed by atoms with Crippen molar-refractivity contribution < 1.29 is 8.42 Å². The highest BCUT2D eigenvalue weighted by molar-refractivity contribution is 7.92. The summed E-state index contributed by atoms with van der Waals surface area (Å²) in [7, 11) is -3.27. The third-order valence-electron chi connectivity index (χ3n) is 4.08. The normalized spacial score (nSPS) is 11.1. The fourth-order valence-corrected chi connectivity index (χ4v) is 3.31. The van der Waals surface area contributed by atoms with Gasteiger partial charge in [-0.2, -0.15) is 0 Å². The van der Waals surface area contributed by atoms with Crippen LogP contribution in [0.5, 0.6) is 0 Å². The quantitative estimate of drug-likeness (QED) is 0.654. The Labute approximate surface area is 155 Å². The number of rotatable bonds is 7. The highest BCUT2D eigenvalue weighted by atomic mass is 32.2. The van der Waals surface area contributed by atoms with Gasteiger partial charge in [-0.3, -0.25) is 4.72 Å². The van der Waals surface area contributed by atoms with E-state index in [1.54, 1.807) is 19.1 Å². The molecular weight excluding hydrogens is 344 g/mol. The van der Waals surface area contributed by atoms with Gasteiger partial charge in [0.2, 0.25) is 10.0 Å². The first-order valence-corrected chi connectivity index (χ1v) is 10.2. The highest BCUT2D eigenvalue weighted by Gasteiger charge is 2.11. The lowest BCUT2D eigenvalue weighted by atomic mass is 10.1. The maximum absolute atomic E-state index is 11.7. The van der Waals surface area contributed by atoms with Crippen LogP contribution in [-0.2, 0) is 16.6 Å². The highest BCUT2D eigenvalue weighted by Crippen LogP contribution is 2.28. The molecule has 0 saturated heterocycles. The van der Waals surface area contributed by atoms with Crippen molar-refractivity contribution in [2.24, 2.45) is 0 Å². The SMILES string of the molecule is CCS(=O)(=O)Nc1ccc(N(Cc2ccccc2)c2ccccc2)cc1. The molecule has 0 aromatic heterocycles. The molecule has 26 heavy (non-hydrogen) atoms. The van der Waals surface area contributed by atoms with Crippen LogP contribution in [-0.4, -0.2) is 14.2 Å². The second kappa shape index (κ2) is 8.06. The molecule has 0 radical (unpaired) electrons. The maximum atomic E-state index is 11.7. The van der Waals surface area contributed by atoms with Gasteiger partial charge >= 0.3 is 0 Å². The summed E-state index contributed by atoms with van der Waals surface area (Å²) in [5.41, 5.74) is 3.85. The second-order valence-corrected chi connectivity index (χ2v) is 7.97. The molecule has 0 aliphatic rings. The molecule has 3 aromatic carbocycles. The third kappa shape index (κ3) is 4.64. The second-order valence-electron chi connectivity index (χ2n) is 5.96. The number of nitrogens with one attached hydrogen (secondary N) is 1. The molecule has 134 valence electrons. The van der Waals surface area contributed by atoms with Crippen molar-refractivity contribution in [3.63, 3.8) is 0 Å². The van der Waals surface area contributed by atoms with Crippen LogP contribution in [0.15, 0.2) is 84.9 Å². The number of benzene rings is 3. The van der Waals surface area contributed by atoms with E-state index in [1.807, 2.05) is 48.5 Å². The minimum atomic E-state index is -3.27. The van der Waals surface area contributed by atoms with Gasteiger partial charge in [0.25, 0.3) is 0 Å². The topological polar surface area (TPSA) is 49.4 Å². The zero-order chi connectivity index (χ0) is 18.4. The summed E-state index contributed by atoms with van der Waals surface area (Å²) in [4.78, 5) is 2.20. The molecule has 0 atom stereocenters. The maximum Gasteiger partial charge on any atom is 0.232 e. The van der Waals surface area contributed by atoms with Crippen molar-refractivity contribution >= 4 is 27.1 Å². The molecule has 1 N–H and O–H groups in total. The van der Waals surface area contributed by atoms with E-state index in [2.05, 4.69) is 33.9 Å². The molecule has 0 bridgehead atoms. The molecule has 3 rings (SSSR count). The van der Waals surface area contributed by atoms with Gasteiger partial charge in [-0.1, -0.05) is 48.5 Å². The third-order valence-corrected chi connectivity index (χ3v) is 5.39. The standard InChI is InChI=1S/C21H22N2O2S/c1-2-26(24,25)22-19-13-15-21(16-14-19)23(20-11-7-4-8-12-20)17-18-9-5-3-6-10-18/h3-16,22H,2,17H2,1H3. The summed E-state index contributed by atoms with van der Waals surface area (Å²) >= 11 is 0. The molecule has 0 aliphatic heterocycles. The Morgan fingerprint density at radius 3 is 1.88 bits per heavy atom. The first-order valence-electron chi connectivity index (χ1n) is 8.54. The van der Waals surface area contributed by atoms with Crippen LogP contribution in [0.2, 0.25) is 0 Å². The Morgan fingerprint density at radius 2 is 1.31 bits per heavy atom. The van der Waals surface area contributed by atoms with E-state index in [0.29, 0.717) is 5.69 Å². The summed E-state index contributed by atoms with van der Waals surface area (Å²) < 4.78 is 26.0. The molecular formula is C21H22N2O2S. The summed E-state index contributed by atoms with van der Waals surface area (Å²) in [5.74, 6) is 0.0545. The summed E-state index contributed by atoms with van der Waals surface area (Å²) in [6.07, 6.45) is 0. The monoisotopic (exact) mass is 366 g/mol. The van der Waals surface area contributed by atoms with Gasteiger partial charge in [-0.15, -0.1) is 0 Å². The first-order chi connectivity index (χ1) is 12.6. The molecule has 0 spiro atoms. The smallest absolute Gasteiger partial charge is 0.232 e. The van der Waals surface area contributed by atoms with Crippen LogP contribution in [0.3, 0.4) is 0 Å². The van der Waals surface area contributed by atoms with E-state index >= 15 is 0 Å². The number of anilines is 3. The average molecular weight is 366 g/mol. The van der Waals surface area contributed by atoms with Crippen molar-refractivity contribution in [2.75, 3.05) is 15.4 Å². The van der Waals surface area contributed by atoms with Crippen molar-refractivity contribution in [1.29, 1.82) is 0 Å². The molecule has 5 heteroatoms. The van der Waals surface area contributed by atoms with Gasteiger partial charge in [0.15, 0.2) is 0 Å². The van der Waals surface area contributed by atoms with E-state index in [0.717, 1.165) is 17.9 Å². The lowest BCUT2D eigenvalue weighted by Crippen LogP contribution is -2.17. The number of nitrogens with zero attached hydrogens (tertiary/aromatic N) is 1. The van der Waals surface area contributed by atoms with E-state index in [4.69, 9.17) is 0 Å². The molecule has 4 nitrogen and oxygen atoms in total. The van der Waals surface area contributed by atoms with Gasteiger partial charge in [0.1, 0.15) is 0 Å². The zero-order valence-corrected chi connectivity index (χ0v) is 15.5. The summed E-state index contributed by atoms with van der Waals surface area (Å²) in [6.45, 7) is 2.35. The zero-order valence-electron chi connectivity index (χ0n) is 14.7. The van der Waals surface area contributed by atoms with Crippen LogP contribution >= 0.6 is 0 Å². The van der Waals surface area contributed by atoms with Crippen molar-refractivity contribution in [3.05, 3.63) is 90.5 Å². The predicted molar refractivity (Wildman–Crippen MR) is 108 cm³/mol. The summed E-state index contributed by atoms with van der Waals surface area (Å²) in [6, 6.07) is 27.9. The Balaban J connectivity index is 1.89. The van der Waals surface area contributed by atoms with Crippen molar-refractivity contribution in [2.45, 2.75) is 13.5 Å². The van der Waals surface area contributed by atoms with Gasteiger partial charge in [0.05, 0.1) is 5.75 Å². The molecule has 0 saturated carbocycles. The Morgan fingerprint density at radius 1 is 0.769 bits per heavy atom. The largest absolute Gasteiger partial charge is 0.337 e. The Kier molecular flexibility index (Phi) is 5.58. The number of para-hydroxylation sites is 1. The van der Waals surface area contributed by atoms with Crippen molar-refractivity contribution in [1.82, 2.24) is 0 Å². The lowest BCUT2D eigenvalue weighted by Gasteiger charge is -2.25. The minimum Gasteiger partial charge on any atom is -0.337 e. The number of sulfonamides is 1. The lowest BCUT2D eigenvalue weighted by molar-refractivity contribution is 0.602. The number of hydrogen-bond donors (Lipinski definition) is 1. The molecule has 0 unspecified atom stereocenters. The van der Waals surface area contributed by atoms with E-state index < -0.39 is 10.0 Å². The van der Waals surface area contributed by atoms with E-state index in [-0.39, 0.29) is 5.75 Å². The fraction of sp³-hybridized carbons (Fsp3) is 0.143. The van der Waals surface area contributed by atoms with E-state index in [1.165, 1.54) is 5.56 Å². The minimum absolute atomic E-state index is 0.0545. The van der Waals surface area contributed by atoms with Crippen molar-refractivity contribution in [3.8, 4) is 0 Å². The molecule has 0 aliphatic carbocycles. The van der Waals surface area contributed by atoms with Gasteiger partial charge in [-0.05, 0) is 48.9 Å². The summed E-state index contributed by atoms with van der Waals surface area (Å²) in [5, 5.41) is 0. The predicted octanol–water partition coefficient (Wildman–Crippen LogP) is 4.79. The van der Waals surface area contributed by atoms with Crippen LogP contribution < -0.4 is 9.62 Å². The van der Waals surface area contributed by atoms with Crippen LogP contribution in [0.25, 0.3) is 0 Å². The molecule has 0 fully saturated rings. The van der Waals surface area contributed by atoms with Gasteiger partial charge in [-0.25, -0.2) is 8.42 Å².